The van der Waals surface area contributed by atoms with Crippen molar-refractivity contribution in [1.29, 1.82) is 0 Å². The summed E-state index contributed by atoms with van der Waals surface area (Å²) < 4.78 is 0. The van der Waals surface area contributed by atoms with E-state index in [1.54, 1.807) is 36.7 Å². The molecule has 118 valence electrons. The molecule has 2 aromatic heterocycles. The minimum absolute atomic E-state index is 0.136. The number of carbonyl (C=O) groups is 3. The minimum atomic E-state index is -0.283. The molecule has 3 rings (SSSR count). The topological polar surface area (TPSA) is 77.0 Å². The third kappa shape index (κ3) is 2.60. The highest BCUT2D eigenvalue weighted by Gasteiger charge is 2.12. The molecule has 0 saturated carbocycles. The molecule has 0 fully saturated rings. The van der Waals surface area contributed by atoms with Crippen molar-refractivity contribution in [3.63, 3.8) is 0 Å². The largest absolute Gasteiger partial charge is 0.298 e. The molecular weight excluding hydrogens is 304 g/mol. The van der Waals surface area contributed by atoms with Crippen LogP contribution in [-0.2, 0) is 9.59 Å². The Bertz CT molecular complexity index is 1020. The molecule has 24 heavy (non-hydrogen) atoms. The minimum Gasteiger partial charge on any atom is -0.298 e. The summed E-state index contributed by atoms with van der Waals surface area (Å²) >= 11 is 0. The quantitative estimate of drug-likeness (QED) is 0.243. The van der Waals surface area contributed by atoms with Crippen LogP contribution in [0.1, 0.15) is 29.8 Å². The van der Waals surface area contributed by atoms with Crippen LogP contribution < -0.4 is 0 Å². The number of aromatic nitrogens is 2. The standard InChI is InChI=1S/C19H14N2O3/c1-11(23)17(12(2)24)9-13-5-7-20-18-15(13)3-4-16-14(10-22)6-8-21-19(16)18/h3-10H,1-2H3. The third-order valence-corrected chi connectivity index (χ3v) is 3.87. The Morgan fingerprint density at radius 2 is 1.33 bits per heavy atom. The monoisotopic (exact) mass is 318 g/mol. The highest BCUT2D eigenvalue weighted by atomic mass is 16.1. The SMILES string of the molecule is CC(=O)C(=Cc1ccnc2c1ccc1c(C=O)ccnc12)C(C)=O. The van der Waals surface area contributed by atoms with Crippen molar-refractivity contribution in [3.8, 4) is 0 Å². The van der Waals surface area contributed by atoms with Gasteiger partial charge >= 0.3 is 0 Å². The van der Waals surface area contributed by atoms with Crippen LogP contribution in [0.2, 0.25) is 0 Å². The average Bonchev–Trinajstić information content (AvgIpc) is 2.58. The van der Waals surface area contributed by atoms with Gasteiger partial charge in [-0.2, -0.15) is 0 Å². The molecule has 5 nitrogen and oxygen atoms in total. The van der Waals surface area contributed by atoms with Gasteiger partial charge in [0.2, 0.25) is 0 Å². The van der Waals surface area contributed by atoms with Gasteiger partial charge in [-0.15, -0.1) is 0 Å². The Morgan fingerprint density at radius 1 is 0.833 bits per heavy atom. The van der Waals surface area contributed by atoms with Crippen LogP contribution in [0.15, 0.2) is 42.2 Å². The molecule has 0 saturated heterocycles. The fourth-order valence-electron chi connectivity index (χ4n) is 2.71. The van der Waals surface area contributed by atoms with Gasteiger partial charge in [0.1, 0.15) is 0 Å². The van der Waals surface area contributed by atoms with E-state index in [2.05, 4.69) is 9.97 Å². The molecule has 5 heteroatoms. The van der Waals surface area contributed by atoms with E-state index in [9.17, 15) is 14.4 Å². The van der Waals surface area contributed by atoms with Crippen molar-refractivity contribution < 1.29 is 14.4 Å². The third-order valence-electron chi connectivity index (χ3n) is 3.87. The maximum absolute atomic E-state index is 11.7. The number of carbonyl (C=O) groups excluding carboxylic acids is 3. The van der Waals surface area contributed by atoms with Crippen LogP contribution in [0, 0.1) is 0 Å². The molecule has 3 aromatic rings. The summed E-state index contributed by atoms with van der Waals surface area (Å²) in [4.78, 5) is 43.2. The second kappa shape index (κ2) is 6.12. The van der Waals surface area contributed by atoms with E-state index < -0.39 is 0 Å². The lowest BCUT2D eigenvalue weighted by atomic mass is 10.00. The summed E-state index contributed by atoms with van der Waals surface area (Å²) in [5, 5.41) is 1.48. The number of ketones is 2. The highest BCUT2D eigenvalue weighted by Crippen LogP contribution is 2.27. The zero-order valence-electron chi connectivity index (χ0n) is 13.2. The molecular formula is C19H14N2O3. The Labute approximate surface area is 138 Å². The van der Waals surface area contributed by atoms with Gasteiger partial charge in [0.15, 0.2) is 17.9 Å². The van der Waals surface area contributed by atoms with Gasteiger partial charge in [-0.3, -0.25) is 24.4 Å². The van der Waals surface area contributed by atoms with Gasteiger partial charge in [-0.1, -0.05) is 12.1 Å². The Morgan fingerprint density at radius 3 is 1.83 bits per heavy atom. The molecule has 2 heterocycles. The first-order valence-electron chi connectivity index (χ1n) is 7.38. The number of fused-ring (bicyclic) bond motifs is 3. The fourth-order valence-corrected chi connectivity index (χ4v) is 2.71. The van der Waals surface area contributed by atoms with Gasteiger partial charge in [0, 0.05) is 28.7 Å². The van der Waals surface area contributed by atoms with Crippen LogP contribution in [0.3, 0.4) is 0 Å². The van der Waals surface area contributed by atoms with Crippen LogP contribution in [0.4, 0.5) is 0 Å². The van der Waals surface area contributed by atoms with Gasteiger partial charge < -0.3 is 0 Å². The molecule has 0 aliphatic rings. The summed E-state index contributed by atoms with van der Waals surface area (Å²) in [7, 11) is 0. The van der Waals surface area contributed by atoms with Crippen molar-refractivity contribution in [2.24, 2.45) is 0 Å². The smallest absolute Gasteiger partial charge is 0.163 e. The van der Waals surface area contributed by atoms with Crippen molar-refractivity contribution in [1.82, 2.24) is 9.97 Å². The predicted molar refractivity (Wildman–Crippen MR) is 91.8 cm³/mol. The first kappa shape index (κ1) is 15.7. The molecule has 1 aromatic carbocycles. The average molecular weight is 318 g/mol. The number of aldehydes is 1. The predicted octanol–water partition coefficient (Wildman–Crippen LogP) is 3.16. The lowest BCUT2D eigenvalue weighted by Crippen LogP contribution is -2.05. The second-order valence-electron chi connectivity index (χ2n) is 5.45. The van der Waals surface area contributed by atoms with E-state index in [1.807, 2.05) is 6.07 Å². The van der Waals surface area contributed by atoms with E-state index in [-0.39, 0.29) is 17.1 Å². The van der Waals surface area contributed by atoms with Crippen LogP contribution in [-0.4, -0.2) is 27.8 Å². The first-order valence-corrected chi connectivity index (χ1v) is 7.38. The Hall–Kier alpha value is -3.21. The number of nitrogens with zero attached hydrogens (tertiary/aromatic N) is 2. The normalized spacial score (nSPS) is 10.6. The van der Waals surface area contributed by atoms with Crippen molar-refractivity contribution in [2.75, 3.05) is 0 Å². The highest BCUT2D eigenvalue weighted by molar-refractivity contribution is 6.22. The molecule has 0 aliphatic carbocycles. The summed E-state index contributed by atoms with van der Waals surface area (Å²) in [6, 6.07) is 7.01. The second-order valence-corrected chi connectivity index (χ2v) is 5.45. The molecule has 0 N–H and O–H groups in total. The van der Waals surface area contributed by atoms with Crippen molar-refractivity contribution >= 4 is 45.7 Å². The summed E-state index contributed by atoms with van der Waals surface area (Å²) in [6.45, 7) is 2.73. The van der Waals surface area contributed by atoms with Crippen molar-refractivity contribution in [3.05, 3.63) is 53.4 Å². The molecule has 0 atom stereocenters. The van der Waals surface area contributed by atoms with Crippen LogP contribution >= 0.6 is 0 Å². The zero-order valence-corrected chi connectivity index (χ0v) is 13.2. The number of Topliss-reactive ketones (excluding diaryl/α,β-unsaturated/α-hetero) is 2. The van der Waals surface area contributed by atoms with Gasteiger partial charge in [-0.25, -0.2) is 0 Å². The Kier molecular flexibility index (Phi) is 4.00. The number of pyridine rings is 2. The fraction of sp³-hybridized carbons (Fsp3) is 0.105. The zero-order chi connectivity index (χ0) is 17.3. The maximum atomic E-state index is 11.7. The maximum Gasteiger partial charge on any atom is 0.163 e. The van der Waals surface area contributed by atoms with Gasteiger partial charge in [-0.05, 0) is 37.6 Å². The van der Waals surface area contributed by atoms with E-state index in [0.29, 0.717) is 27.5 Å². The van der Waals surface area contributed by atoms with E-state index in [4.69, 9.17) is 0 Å². The number of allylic oxidation sites excluding steroid dienone is 1. The first-order chi connectivity index (χ1) is 11.5. The van der Waals surface area contributed by atoms with E-state index in [0.717, 1.165) is 11.7 Å². The summed E-state index contributed by atoms with van der Waals surface area (Å²) in [5.74, 6) is -0.566. The lowest BCUT2D eigenvalue weighted by molar-refractivity contribution is -0.119. The van der Waals surface area contributed by atoms with Gasteiger partial charge in [0.25, 0.3) is 0 Å². The number of rotatable bonds is 4. The molecule has 0 unspecified atom stereocenters. The molecule has 0 spiro atoms. The van der Waals surface area contributed by atoms with Gasteiger partial charge in [0.05, 0.1) is 16.6 Å². The number of hydrogen-bond donors (Lipinski definition) is 0. The molecule has 0 bridgehead atoms. The molecule has 0 amide bonds. The van der Waals surface area contributed by atoms with Crippen molar-refractivity contribution in [2.45, 2.75) is 13.8 Å². The van der Waals surface area contributed by atoms with E-state index >= 15 is 0 Å². The van der Waals surface area contributed by atoms with Crippen LogP contribution in [0.5, 0.6) is 0 Å². The molecule has 0 radical (unpaired) electrons. The number of benzene rings is 1. The lowest BCUT2D eigenvalue weighted by Gasteiger charge is -2.07. The Balaban J connectivity index is 2.35. The summed E-state index contributed by atoms with van der Waals surface area (Å²) in [6.07, 6.45) is 5.51. The summed E-state index contributed by atoms with van der Waals surface area (Å²) in [5.41, 5.74) is 2.62. The molecule has 0 aliphatic heterocycles. The van der Waals surface area contributed by atoms with E-state index in [1.165, 1.54) is 13.8 Å². The number of hydrogen-bond acceptors (Lipinski definition) is 5. The van der Waals surface area contributed by atoms with Crippen LogP contribution in [0.25, 0.3) is 27.9 Å².